The lowest BCUT2D eigenvalue weighted by atomic mass is 10.2. The van der Waals surface area contributed by atoms with Crippen LogP contribution in [0.4, 0.5) is 0 Å². The molecule has 0 N–H and O–H groups in total. The molecule has 0 saturated heterocycles. The highest BCUT2D eigenvalue weighted by Gasteiger charge is 2.12. The SMILES string of the molecule is CCN(C)C(=O)c1cccc(OCc2nnc(C)n2CC)c1. The maximum atomic E-state index is 12.1. The van der Waals surface area contributed by atoms with E-state index < -0.39 is 0 Å². The summed E-state index contributed by atoms with van der Waals surface area (Å²) < 4.78 is 7.76. The zero-order valence-electron chi connectivity index (χ0n) is 13.5. The highest BCUT2D eigenvalue weighted by molar-refractivity contribution is 5.94. The number of nitrogens with zero attached hydrogens (tertiary/aromatic N) is 4. The highest BCUT2D eigenvalue weighted by Crippen LogP contribution is 2.16. The van der Waals surface area contributed by atoms with Crippen LogP contribution in [0.2, 0.25) is 0 Å². The van der Waals surface area contributed by atoms with Gasteiger partial charge < -0.3 is 14.2 Å². The Labute approximate surface area is 130 Å². The molecule has 1 aromatic carbocycles. The van der Waals surface area contributed by atoms with Gasteiger partial charge in [-0.15, -0.1) is 10.2 Å². The van der Waals surface area contributed by atoms with Crippen LogP contribution in [0.5, 0.6) is 5.75 Å². The van der Waals surface area contributed by atoms with Crippen molar-refractivity contribution in [3.05, 3.63) is 41.5 Å². The van der Waals surface area contributed by atoms with Crippen molar-refractivity contribution < 1.29 is 9.53 Å². The van der Waals surface area contributed by atoms with Crippen LogP contribution in [0, 0.1) is 6.92 Å². The smallest absolute Gasteiger partial charge is 0.253 e. The quantitative estimate of drug-likeness (QED) is 0.821. The summed E-state index contributed by atoms with van der Waals surface area (Å²) in [6, 6.07) is 7.21. The van der Waals surface area contributed by atoms with E-state index in [1.165, 1.54) is 0 Å². The number of rotatable bonds is 6. The van der Waals surface area contributed by atoms with Gasteiger partial charge in [-0.2, -0.15) is 0 Å². The number of carbonyl (C=O) groups excluding carboxylic acids is 1. The number of hydrogen-bond acceptors (Lipinski definition) is 4. The van der Waals surface area contributed by atoms with Crippen LogP contribution in [0.3, 0.4) is 0 Å². The number of carbonyl (C=O) groups is 1. The minimum absolute atomic E-state index is 0.0134. The molecule has 0 saturated carbocycles. The summed E-state index contributed by atoms with van der Waals surface area (Å²) in [6.45, 7) is 7.70. The first kappa shape index (κ1) is 16.0. The van der Waals surface area contributed by atoms with Crippen molar-refractivity contribution in [2.75, 3.05) is 13.6 Å². The fourth-order valence-corrected chi connectivity index (χ4v) is 2.17. The van der Waals surface area contributed by atoms with Crippen molar-refractivity contribution in [3.63, 3.8) is 0 Å². The van der Waals surface area contributed by atoms with Gasteiger partial charge in [0.25, 0.3) is 5.91 Å². The molecule has 0 atom stereocenters. The largest absolute Gasteiger partial charge is 0.486 e. The average molecular weight is 302 g/mol. The van der Waals surface area contributed by atoms with E-state index in [2.05, 4.69) is 10.2 Å². The van der Waals surface area contributed by atoms with E-state index in [4.69, 9.17) is 4.74 Å². The molecule has 22 heavy (non-hydrogen) atoms. The van der Waals surface area contributed by atoms with Crippen LogP contribution in [0.25, 0.3) is 0 Å². The maximum Gasteiger partial charge on any atom is 0.253 e. The van der Waals surface area contributed by atoms with Crippen molar-refractivity contribution >= 4 is 5.91 Å². The second kappa shape index (κ2) is 7.06. The second-order valence-electron chi connectivity index (χ2n) is 5.04. The lowest BCUT2D eigenvalue weighted by Crippen LogP contribution is -2.26. The predicted molar refractivity (Wildman–Crippen MR) is 83.8 cm³/mol. The molecule has 0 spiro atoms. The van der Waals surface area contributed by atoms with E-state index in [1.807, 2.05) is 37.5 Å². The summed E-state index contributed by atoms with van der Waals surface area (Å²) in [5.41, 5.74) is 0.620. The molecule has 0 aliphatic carbocycles. The van der Waals surface area contributed by atoms with Crippen molar-refractivity contribution in [3.8, 4) is 5.75 Å². The first-order valence-electron chi connectivity index (χ1n) is 7.43. The predicted octanol–water partition coefficient (Wildman–Crippen LogP) is 2.28. The molecule has 0 aliphatic rings. The fraction of sp³-hybridized carbons (Fsp3) is 0.438. The van der Waals surface area contributed by atoms with Gasteiger partial charge in [0.2, 0.25) is 0 Å². The topological polar surface area (TPSA) is 60.3 Å². The number of aryl methyl sites for hydroxylation is 1. The summed E-state index contributed by atoms with van der Waals surface area (Å²) in [6.07, 6.45) is 0. The van der Waals surface area contributed by atoms with Crippen molar-refractivity contribution in [2.24, 2.45) is 0 Å². The zero-order valence-corrected chi connectivity index (χ0v) is 13.5. The Morgan fingerprint density at radius 2 is 2.09 bits per heavy atom. The third-order valence-electron chi connectivity index (χ3n) is 3.60. The Morgan fingerprint density at radius 1 is 1.32 bits per heavy atom. The molecule has 6 nitrogen and oxygen atoms in total. The Morgan fingerprint density at radius 3 is 2.77 bits per heavy atom. The molecule has 0 fully saturated rings. The first-order valence-corrected chi connectivity index (χ1v) is 7.43. The van der Waals surface area contributed by atoms with Crippen molar-refractivity contribution in [1.29, 1.82) is 0 Å². The van der Waals surface area contributed by atoms with Gasteiger partial charge in [-0.25, -0.2) is 0 Å². The van der Waals surface area contributed by atoms with Crippen LogP contribution in [-0.4, -0.2) is 39.2 Å². The van der Waals surface area contributed by atoms with Gasteiger partial charge in [0.1, 0.15) is 18.2 Å². The van der Waals surface area contributed by atoms with E-state index >= 15 is 0 Å². The summed E-state index contributed by atoms with van der Waals surface area (Å²) in [7, 11) is 1.78. The van der Waals surface area contributed by atoms with Crippen molar-refractivity contribution in [1.82, 2.24) is 19.7 Å². The summed E-state index contributed by atoms with van der Waals surface area (Å²) in [5.74, 6) is 2.29. The number of hydrogen-bond donors (Lipinski definition) is 0. The van der Waals surface area contributed by atoms with Gasteiger partial charge in [0, 0.05) is 25.7 Å². The molecule has 118 valence electrons. The molecular weight excluding hydrogens is 280 g/mol. The third kappa shape index (κ3) is 3.44. The Bertz CT molecular complexity index is 651. The molecule has 0 unspecified atom stereocenters. The molecule has 2 rings (SSSR count). The molecule has 0 aliphatic heterocycles. The average Bonchev–Trinajstić information content (AvgIpc) is 2.91. The summed E-state index contributed by atoms with van der Waals surface area (Å²) >= 11 is 0. The van der Waals surface area contributed by atoms with Gasteiger partial charge in [0.15, 0.2) is 5.82 Å². The minimum atomic E-state index is -0.0134. The second-order valence-corrected chi connectivity index (χ2v) is 5.04. The van der Waals surface area contributed by atoms with Gasteiger partial charge in [0.05, 0.1) is 0 Å². The molecular formula is C16H22N4O2. The van der Waals surface area contributed by atoms with E-state index in [-0.39, 0.29) is 5.91 Å². The monoisotopic (exact) mass is 302 g/mol. The van der Waals surface area contributed by atoms with E-state index in [1.54, 1.807) is 24.1 Å². The molecule has 1 amide bonds. The fourth-order valence-electron chi connectivity index (χ4n) is 2.17. The number of amides is 1. The molecule has 0 bridgehead atoms. The van der Waals surface area contributed by atoms with E-state index in [9.17, 15) is 4.79 Å². The first-order chi connectivity index (χ1) is 10.6. The Balaban J connectivity index is 2.09. The normalized spacial score (nSPS) is 10.5. The van der Waals surface area contributed by atoms with Crippen LogP contribution in [0.1, 0.15) is 35.9 Å². The number of ether oxygens (including phenoxy) is 1. The minimum Gasteiger partial charge on any atom is -0.486 e. The van der Waals surface area contributed by atoms with Crippen LogP contribution >= 0.6 is 0 Å². The Hall–Kier alpha value is -2.37. The van der Waals surface area contributed by atoms with Crippen LogP contribution in [0.15, 0.2) is 24.3 Å². The number of aromatic nitrogens is 3. The standard InChI is InChI=1S/C16H22N4O2/c1-5-19(4)16(21)13-8-7-9-14(10-13)22-11-15-18-17-12(3)20(15)6-2/h7-10H,5-6,11H2,1-4H3. The highest BCUT2D eigenvalue weighted by atomic mass is 16.5. The lowest BCUT2D eigenvalue weighted by molar-refractivity contribution is 0.0802. The van der Waals surface area contributed by atoms with Gasteiger partial charge >= 0.3 is 0 Å². The van der Waals surface area contributed by atoms with Crippen molar-refractivity contribution in [2.45, 2.75) is 33.9 Å². The molecule has 1 heterocycles. The van der Waals surface area contributed by atoms with E-state index in [0.717, 1.165) is 18.2 Å². The van der Waals surface area contributed by atoms with E-state index in [0.29, 0.717) is 24.5 Å². The third-order valence-corrected chi connectivity index (χ3v) is 3.60. The van der Waals surface area contributed by atoms with Gasteiger partial charge in [-0.3, -0.25) is 4.79 Å². The van der Waals surface area contributed by atoms with Gasteiger partial charge in [-0.1, -0.05) is 6.07 Å². The van der Waals surface area contributed by atoms with Crippen LogP contribution < -0.4 is 4.74 Å². The summed E-state index contributed by atoms with van der Waals surface area (Å²) in [5, 5.41) is 8.17. The van der Waals surface area contributed by atoms with Gasteiger partial charge in [-0.05, 0) is 39.0 Å². The lowest BCUT2D eigenvalue weighted by Gasteiger charge is -2.15. The van der Waals surface area contributed by atoms with Crippen LogP contribution in [-0.2, 0) is 13.2 Å². The zero-order chi connectivity index (χ0) is 16.1. The molecule has 6 heteroatoms. The Kier molecular flexibility index (Phi) is 5.14. The molecule has 2 aromatic rings. The maximum absolute atomic E-state index is 12.1. The molecule has 0 radical (unpaired) electrons. The summed E-state index contributed by atoms with van der Waals surface area (Å²) in [4.78, 5) is 13.8. The molecule has 1 aromatic heterocycles. The number of benzene rings is 1.